The lowest BCUT2D eigenvalue weighted by Gasteiger charge is -2.00. The van der Waals surface area contributed by atoms with Gasteiger partial charge in [0.2, 0.25) is 5.82 Å². The van der Waals surface area contributed by atoms with Crippen LogP contribution in [0.5, 0.6) is 0 Å². The quantitative estimate of drug-likeness (QED) is 0.437. The first-order valence-electron chi connectivity index (χ1n) is 8.14. The third-order valence-corrected chi connectivity index (χ3v) is 5.64. The number of thiazole rings is 1. The Morgan fingerprint density at radius 1 is 1.15 bits per heavy atom. The van der Waals surface area contributed by atoms with E-state index >= 15 is 0 Å². The Kier molecular flexibility index (Phi) is 5.03. The molecule has 0 aliphatic heterocycles. The van der Waals surface area contributed by atoms with Gasteiger partial charge in [0.15, 0.2) is 6.61 Å². The van der Waals surface area contributed by atoms with Crippen LogP contribution >= 0.6 is 22.7 Å². The Bertz CT molecular complexity index is 975. The van der Waals surface area contributed by atoms with Crippen LogP contribution in [-0.4, -0.2) is 21.1 Å². The lowest BCUT2D eigenvalue weighted by atomic mass is 10.2. The number of hydrogen-bond acceptors (Lipinski definition) is 8. The Labute approximate surface area is 157 Å². The normalized spacial score (nSPS) is 11.1. The molecule has 3 heterocycles. The summed E-state index contributed by atoms with van der Waals surface area (Å²) in [6, 6.07) is 11.9. The molecule has 1 aromatic carbocycles. The van der Waals surface area contributed by atoms with E-state index in [1.165, 1.54) is 16.0 Å². The van der Waals surface area contributed by atoms with Crippen LogP contribution in [0.25, 0.3) is 20.9 Å². The van der Waals surface area contributed by atoms with Crippen molar-refractivity contribution < 1.29 is 14.1 Å². The number of fused-ring (bicyclic) bond motifs is 1. The molecule has 132 valence electrons. The van der Waals surface area contributed by atoms with E-state index in [9.17, 15) is 4.79 Å². The number of nitrogens with zero attached hydrogens (tertiary/aromatic N) is 3. The third kappa shape index (κ3) is 3.97. The van der Waals surface area contributed by atoms with Crippen molar-refractivity contribution in [1.29, 1.82) is 0 Å². The number of benzene rings is 1. The molecule has 26 heavy (non-hydrogen) atoms. The van der Waals surface area contributed by atoms with Crippen molar-refractivity contribution in [3.8, 4) is 10.7 Å². The maximum atomic E-state index is 11.9. The van der Waals surface area contributed by atoms with Gasteiger partial charge in [0.1, 0.15) is 0 Å². The summed E-state index contributed by atoms with van der Waals surface area (Å²) in [6.07, 6.45) is 1.79. The molecule has 3 aromatic heterocycles. The molecule has 0 fully saturated rings. The molecule has 6 nitrogen and oxygen atoms in total. The fraction of sp³-hybridized carbons (Fsp3) is 0.222. The van der Waals surface area contributed by atoms with Gasteiger partial charge in [-0.3, -0.25) is 4.79 Å². The molecule has 4 aromatic rings. The number of thiophene rings is 1. The second-order valence-electron chi connectivity index (χ2n) is 5.58. The molecule has 0 spiro atoms. The lowest BCUT2D eigenvalue weighted by molar-refractivity contribution is -0.145. The van der Waals surface area contributed by atoms with E-state index in [2.05, 4.69) is 21.2 Å². The van der Waals surface area contributed by atoms with E-state index in [0.29, 0.717) is 24.6 Å². The van der Waals surface area contributed by atoms with Gasteiger partial charge in [-0.25, -0.2) is 4.98 Å². The smallest absolute Gasteiger partial charge is 0.306 e. The van der Waals surface area contributed by atoms with Gasteiger partial charge in [-0.15, -0.1) is 22.7 Å². The molecule has 0 aliphatic carbocycles. The summed E-state index contributed by atoms with van der Waals surface area (Å²) in [5, 5.41) is 6.87. The zero-order valence-corrected chi connectivity index (χ0v) is 15.4. The van der Waals surface area contributed by atoms with Crippen LogP contribution in [0.4, 0.5) is 0 Å². The molecule has 4 rings (SSSR count). The molecule has 0 aliphatic rings. The van der Waals surface area contributed by atoms with Crippen LogP contribution in [-0.2, 0) is 22.6 Å². The van der Waals surface area contributed by atoms with E-state index in [-0.39, 0.29) is 12.6 Å². The summed E-state index contributed by atoms with van der Waals surface area (Å²) in [7, 11) is 0. The molecule has 0 radical (unpaired) electrons. The minimum absolute atomic E-state index is 0.00164. The molecule has 0 amide bonds. The first-order chi connectivity index (χ1) is 12.8. The topological polar surface area (TPSA) is 78.1 Å². The number of aryl methyl sites for hydroxylation is 1. The summed E-state index contributed by atoms with van der Waals surface area (Å²) >= 11 is 3.19. The van der Waals surface area contributed by atoms with Crippen LogP contribution in [0.2, 0.25) is 0 Å². The number of aromatic nitrogens is 3. The first kappa shape index (κ1) is 16.9. The molecule has 0 saturated heterocycles. The number of rotatable bonds is 7. The highest BCUT2D eigenvalue weighted by molar-refractivity contribution is 7.18. The van der Waals surface area contributed by atoms with Gasteiger partial charge in [0, 0.05) is 6.42 Å². The van der Waals surface area contributed by atoms with Crippen molar-refractivity contribution in [1.82, 2.24) is 15.1 Å². The van der Waals surface area contributed by atoms with Gasteiger partial charge >= 0.3 is 5.97 Å². The zero-order valence-electron chi connectivity index (χ0n) is 13.8. The van der Waals surface area contributed by atoms with Gasteiger partial charge in [0.05, 0.1) is 20.1 Å². The minimum Gasteiger partial charge on any atom is -0.456 e. The van der Waals surface area contributed by atoms with Crippen molar-refractivity contribution in [2.75, 3.05) is 0 Å². The number of hydrogen-bond donors (Lipinski definition) is 0. The van der Waals surface area contributed by atoms with Gasteiger partial charge < -0.3 is 9.26 Å². The monoisotopic (exact) mass is 385 g/mol. The fourth-order valence-electron chi connectivity index (χ4n) is 2.44. The van der Waals surface area contributed by atoms with Gasteiger partial charge in [-0.1, -0.05) is 23.4 Å². The van der Waals surface area contributed by atoms with Crippen LogP contribution < -0.4 is 0 Å². The maximum Gasteiger partial charge on any atom is 0.306 e. The maximum absolute atomic E-state index is 11.9. The number of esters is 1. The van der Waals surface area contributed by atoms with Crippen LogP contribution in [0.3, 0.4) is 0 Å². The Balaban J connectivity index is 1.23. The van der Waals surface area contributed by atoms with E-state index < -0.39 is 0 Å². The lowest BCUT2D eigenvalue weighted by Crippen LogP contribution is -2.05. The van der Waals surface area contributed by atoms with Crippen LogP contribution in [0.1, 0.15) is 23.7 Å². The van der Waals surface area contributed by atoms with Crippen LogP contribution in [0, 0.1) is 0 Å². The highest BCUT2D eigenvalue weighted by Gasteiger charge is 2.12. The molecule has 0 saturated carbocycles. The molecular weight excluding hydrogens is 370 g/mol. The van der Waals surface area contributed by atoms with E-state index in [1.54, 1.807) is 11.3 Å². The van der Waals surface area contributed by atoms with Crippen LogP contribution in [0.15, 0.2) is 46.3 Å². The molecule has 0 N–H and O–H groups in total. The standard InChI is InChI=1S/C18H15N3O3S2/c22-17(9-3-8-16-19-12-5-1-2-6-13(12)26-16)23-11-15-20-18(21-24-15)14-7-4-10-25-14/h1-2,4-7,10H,3,8-9,11H2. The van der Waals surface area contributed by atoms with Crippen molar-refractivity contribution >= 4 is 38.9 Å². The molecule has 0 atom stereocenters. The highest BCUT2D eigenvalue weighted by atomic mass is 32.1. The largest absolute Gasteiger partial charge is 0.456 e. The molecule has 0 unspecified atom stereocenters. The Hall–Kier alpha value is -2.58. The predicted octanol–water partition coefficient (Wildman–Crippen LogP) is 4.47. The Morgan fingerprint density at radius 3 is 2.92 bits per heavy atom. The zero-order chi connectivity index (χ0) is 17.8. The van der Waals surface area contributed by atoms with E-state index in [0.717, 1.165) is 21.8 Å². The second-order valence-corrected chi connectivity index (χ2v) is 7.64. The second kappa shape index (κ2) is 7.76. The predicted molar refractivity (Wildman–Crippen MR) is 100.0 cm³/mol. The number of carbonyl (C=O) groups excluding carboxylic acids is 1. The number of carbonyl (C=O) groups is 1. The summed E-state index contributed by atoms with van der Waals surface area (Å²) in [6.45, 7) is -0.00164. The molecular formula is C18H15N3O3S2. The van der Waals surface area contributed by atoms with E-state index in [1.807, 2.05) is 35.7 Å². The van der Waals surface area contributed by atoms with Crippen molar-refractivity contribution in [3.63, 3.8) is 0 Å². The SMILES string of the molecule is O=C(CCCc1nc2ccccc2s1)OCc1nc(-c2cccs2)no1. The summed E-state index contributed by atoms with van der Waals surface area (Å²) in [5.74, 6) is 0.539. The fourth-order valence-corrected chi connectivity index (χ4v) is 4.10. The summed E-state index contributed by atoms with van der Waals surface area (Å²) < 4.78 is 11.5. The van der Waals surface area contributed by atoms with E-state index in [4.69, 9.17) is 9.26 Å². The van der Waals surface area contributed by atoms with Crippen molar-refractivity contribution in [3.05, 3.63) is 52.7 Å². The van der Waals surface area contributed by atoms with Crippen molar-refractivity contribution in [2.45, 2.75) is 25.9 Å². The first-order valence-corrected chi connectivity index (χ1v) is 9.84. The van der Waals surface area contributed by atoms with Gasteiger partial charge in [-0.2, -0.15) is 4.98 Å². The number of ether oxygens (including phenoxy) is 1. The highest BCUT2D eigenvalue weighted by Crippen LogP contribution is 2.23. The van der Waals surface area contributed by atoms with Gasteiger partial charge in [0.25, 0.3) is 5.89 Å². The average Bonchev–Trinajstić information content (AvgIpc) is 3.38. The average molecular weight is 385 g/mol. The minimum atomic E-state index is -0.276. The molecule has 0 bridgehead atoms. The third-order valence-electron chi connectivity index (χ3n) is 3.68. The van der Waals surface area contributed by atoms with Gasteiger partial charge in [-0.05, 0) is 36.4 Å². The van der Waals surface area contributed by atoms with Crippen molar-refractivity contribution in [2.24, 2.45) is 0 Å². The Morgan fingerprint density at radius 2 is 2.08 bits per heavy atom. The summed E-state index contributed by atoms with van der Waals surface area (Å²) in [5.41, 5.74) is 1.01. The summed E-state index contributed by atoms with van der Waals surface area (Å²) in [4.78, 5) is 21.6. The number of para-hydroxylation sites is 1. The molecule has 8 heteroatoms.